The van der Waals surface area contributed by atoms with Crippen LogP contribution in [0.4, 0.5) is 5.95 Å². The fourth-order valence-corrected chi connectivity index (χ4v) is 1.07. The topological polar surface area (TPSA) is 63.8 Å². The van der Waals surface area contributed by atoms with Gasteiger partial charge in [0.25, 0.3) is 0 Å². The van der Waals surface area contributed by atoms with Crippen LogP contribution in [0, 0.1) is 0 Å². The molecule has 1 aliphatic rings. The standard InChI is InChI=1S/C6H8N4.ClH/c7-6-9-2-4-1-8-3-5(4)10-6;/h2,8H,1,3H2,(H2,7,9,10);1H. The predicted octanol–water partition coefficient (Wildman–Crippen LogP) is 0.0838. The SMILES string of the molecule is Cl.Nc1ncc2c(n1)CNC2. The smallest absolute Gasteiger partial charge is 0.220 e. The van der Waals surface area contributed by atoms with Gasteiger partial charge in [0.05, 0.1) is 5.69 Å². The summed E-state index contributed by atoms with van der Waals surface area (Å²) in [5.74, 6) is 0.363. The monoisotopic (exact) mass is 172 g/mol. The average Bonchev–Trinajstić information content (AvgIpc) is 2.33. The first kappa shape index (κ1) is 8.23. The number of hydrogen-bond donors (Lipinski definition) is 2. The van der Waals surface area contributed by atoms with Crippen LogP contribution in [0.5, 0.6) is 0 Å². The third-order valence-corrected chi connectivity index (χ3v) is 1.58. The predicted molar refractivity (Wildman–Crippen MR) is 44.2 cm³/mol. The third kappa shape index (κ3) is 1.41. The van der Waals surface area contributed by atoms with Gasteiger partial charge in [-0.25, -0.2) is 9.97 Å². The van der Waals surface area contributed by atoms with Crippen LogP contribution in [-0.2, 0) is 13.1 Å². The van der Waals surface area contributed by atoms with E-state index in [0.717, 1.165) is 24.3 Å². The van der Waals surface area contributed by atoms with Crippen molar-refractivity contribution >= 4 is 18.4 Å². The largest absolute Gasteiger partial charge is 0.368 e. The van der Waals surface area contributed by atoms with E-state index in [-0.39, 0.29) is 12.4 Å². The summed E-state index contributed by atoms with van der Waals surface area (Å²) < 4.78 is 0. The summed E-state index contributed by atoms with van der Waals surface area (Å²) in [7, 11) is 0. The van der Waals surface area contributed by atoms with Gasteiger partial charge in [-0.05, 0) is 0 Å². The molecule has 2 heterocycles. The van der Waals surface area contributed by atoms with Crippen LogP contribution in [0.2, 0.25) is 0 Å². The summed E-state index contributed by atoms with van der Waals surface area (Å²) in [6.45, 7) is 1.69. The van der Waals surface area contributed by atoms with Crippen molar-refractivity contribution in [1.82, 2.24) is 15.3 Å². The Morgan fingerprint density at radius 3 is 3.09 bits per heavy atom. The van der Waals surface area contributed by atoms with Crippen molar-refractivity contribution < 1.29 is 0 Å². The van der Waals surface area contributed by atoms with E-state index in [9.17, 15) is 0 Å². The lowest BCUT2D eigenvalue weighted by Gasteiger charge is -1.94. The maximum absolute atomic E-state index is 5.38. The van der Waals surface area contributed by atoms with Gasteiger partial charge in [-0.1, -0.05) is 0 Å². The lowest BCUT2D eigenvalue weighted by atomic mass is 10.3. The molecule has 3 N–H and O–H groups in total. The van der Waals surface area contributed by atoms with Crippen LogP contribution in [0.3, 0.4) is 0 Å². The second kappa shape index (κ2) is 3.02. The normalized spacial score (nSPS) is 13.8. The molecular formula is C6H9ClN4. The molecule has 0 atom stereocenters. The highest BCUT2D eigenvalue weighted by molar-refractivity contribution is 5.85. The molecule has 0 radical (unpaired) electrons. The van der Waals surface area contributed by atoms with Gasteiger partial charge >= 0.3 is 0 Å². The molecule has 0 aromatic carbocycles. The molecule has 0 amide bonds. The maximum atomic E-state index is 5.38. The number of nitrogens with zero attached hydrogens (tertiary/aromatic N) is 2. The Labute approximate surface area is 70.6 Å². The number of nitrogen functional groups attached to an aromatic ring is 1. The second-order valence-corrected chi connectivity index (χ2v) is 2.30. The van der Waals surface area contributed by atoms with Crippen LogP contribution in [0.1, 0.15) is 11.3 Å². The molecule has 60 valence electrons. The number of nitrogens with two attached hydrogens (primary N) is 1. The van der Waals surface area contributed by atoms with Crippen molar-refractivity contribution in [3.05, 3.63) is 17.5 Å². The van der Waals surface area contributed by atoms with Crippen molar-refractivity contribution in [3.63, 3.8) is 0 Å². The van der Waals surface area contributed by atoms with Crippen molar-refractivity contribution in [1.29, 1.82) is 0 Å². The number of fused-ring (bicyclic) bond motifs is 1. The van der Waals surface area contributed by atoms with Gasteiger partial charge in [-0.15, -0.1) is 12.4 Å². The lowest BCUT2D eigenvalue weighted by molar-refractivity contribution is 0.758. The van der Waals surface area contributed by atoms with E-state index in [1.807, 2.05) is 0 Å². The summed E-state index contributed by atoms with van der Waals surface area (Å²) in [6.07, 6.45) is 1.78. The molecule has 0 unspecified atom stereocenters. The zero-order valence-electron chi connectivity index (χ0n) is 5.87. The van der Waals surface area contributed by atoms with Crippen molar-refractivity contribution in [2.24, 2.45) is 0 Å². The van der Waals surface area contributed by atoms with E-state index >= 15 is 0 Å². The molecule has 4 nitrogen and oxygen atoms in total. The van der Waals surface area contributed by atoms with Crippen LogP contribution < -0.4 is 11.1 Å². The summed E-state index contributed by atoms with van der Waals surface area (Å²) in [4.78, 5) is 7.94. The molecule has 0 bridgehead atoms. The average molecular weight is 173 g/mol. The molecule has 1 aromatic rings. The minimum atomic E-state index is 0. The van der Waals surface area contributed by atoms with Crippen molar-refractivity contribution in [2.75, 3.05) is 5.73 Å². The Bertz CT molecular complexity index is 263. The Morgan fingerprint density at radius 2 is 2.27 bits per heavy atom. The van der Waals surface area contributed by atoms with Gasteiger partial charge in [0.1, 0.15) is 0 Å². The van der Waals surface area contributed by atoms with E-state index in [2.05, 4.69) is 15.3 Å². The van der Waals surface area contributed by atoms with Gasteiger partial charge in [0.15, 0.2) is 0 Å². The molecular weight excluding hydrogens is 164 g/mol. The zero-order chi connectivity index (χ0) is 6.97. The Morgan fingerprint density at radius 1 is 1.45 bits per heavy atom. The molecule has 0 spiro atoms. The molecule has 1 aliphatic heterocycles. The van der Waals surface area contributed by atoms with E-state index in [4.69, 9.17) is 5.73 Å². The summed E-state index contributed by atoms with van der Waals surface area (Å²) >= 11 is 0. The molecule has 0 saturated heterocycles. The quantitative estimate of drug-likeness (QED) is 0.582. The number of hydrogen-bond acceptors (Lipinski definition) is 4. The Balaban J connectivity index is 0.000000605. The number of aromatic nitrogens is 2. The Kier molecular flexibility index (Phi) is 2.26. The fourth-order valence-electron chi connectivity index (χ4n) is 1.07. The van der Waals surface area contributed by atoms with E-state index < -0.39 is 0 Å². The second-order valence-electron chi connectivity index (χ2n) is 2.30. The number of anilines is 1. The number of halogens is 1. The molecule has 0 fully saturated rings. The van der Waals surface area contributed by atoms with Gasteiger partial charge < -0.3 is 11.1 Å². The summed E-state index contributed by atoms with van der Waals surface area (Å²) in [6, 6.07) is 0. The molecule has 0 aliphatic carbocycles. The van der Waals surface area contributed by atoms with Gasteiger partial charge in [0, 0.05) is 24.8 Å². The van der Waals surface area contributed by atoms with Crippen LogP contribution in [0.15, 0.2) is 6.20 Å². The highest BCUT2D eigenvalue weighted by atomic mass is 35.5. The van der Waals surface area contributed by atoms with Gasteiger partial charge in [-0.2, -0.15) is 0 Å². The summed E-state index contributed by atoms with van der Waals surface area (Å²) in [5, 5.41) is 3.16. The molecule has 5 heteroatoms. The highest BCUT2D eigenvalue weighted by Crippen LogP contribution is 2.11. The van der Waals surface area contributed by atoms with Crippen LogP contribution >= 0.6 is 12.4 Å². The molecule has 11 heavy (non-hydrogen) atoms. The third-order valence-electron chi connectivity index (χ3n) is 1.58. The first-order valence-electron chi connectivity index (χ1n) is 3.17. The van der Waals surface area contributed by atoms with Crippen LogP contribution in [0.25, 0.3) is 0 Å². The minimum absolute atomic E-state index is 0. The molecule has 1 aromatic heterocycles. The van der Waals surface area contributed by atoms with Crippen molar-refractivity contribution in [2.45, 2.75) is 13.1 Å². The van der Waals surface area contributed by atoms with Crippen LogP contribution in [-0.4, -0.2) is 9.97 Å². The van der Waals surface area contributed by atoms with E-state index in [0.29, 0.717) is 5.95 Å². The molecule has 2 rings (SSSR count). The maximum Gasteiger partial charge on any atom is 0.220 e. The molecule has 0 saturated carbocycles. The lowest BCUT2D eigenvalue weighted by Crippen LogP contribution is -2.01. The van der Waals surface area contributed by atoms with Crippen molar-refractivity contribution in [3.8, 4) is 0 Å². The zero-order valence-corrected chi connectivity index (χ0v) is 6.69. The fraction of sp³-hybridized carbons (Fsp3) is 0.333. The minimum Gasteiger partial charge on any atom is -0.368 e. The number of nitrogens with one attached hydrogen (secondary N) is 1. The first-order chi connectivity index (χ1) is 4.86. The summed E-state index contributed by atoms with van der Waals surface area (Å²) in [5.41, 5.74) is 7.58. The van der Waals surface area contributed by atoms with Gasteiger partial charge in [-0.3, -0.25) is 0 Å². The van der Waals surface area contributed by atoms with Gasteiger partial charge in [0.2, 0.25) is 5.95 Å². The number of rotatable bonds is 0. The van der Waals surface area contributed by atoms with E-state index in [1.54, 1.807) is 6.20 Å². The van der Waals surface area contributed by atoms with E-state index in [1.165, 1.54) is 0 Å². The first-order valence-corrected chi connectivity index (χ1v) is 3.17. The highest BCUT2D eigenvalue weighted by Gasteiger charge is 2.10. The Hall–Kier alpha value is -0.870.